The molecular formula is C11H15FN2. The Morgan fingerprint density at radius 3 is 2.64 bits per heavy atom. The molecule has 0 bridgehead atoms. The molecule has 1 aromatic rings. The number of anilines is 1. The van der Waals surface area contributed by atoms with Crippen LogP contribution in [-0.2, 0) is 6.42 Å². The first-order valence-corrected chi connectivity index (χ1v) is 4.65. The average molecular weight is 194 g/mol. The van der Waals surface area contributed by atoms with Crippen molar-refractivity contribution in [1.82, 2.24) is 0 Å². The van der Waals surface area contributed by atoms with Crippen LogP contribution >= 0.6 is 0 Å². The topological polar surface area (TPSA) is 35.9 Å². The second-order valence-corrected chi connectivity index (χ2v) is 3.19. The van der Waals surface area contributed by atoms with Gasteiger partial charge in [-0.1, -0.05) is 6.92 Å². The molecule has 3 heteroatoms. The second-order valence-electron chi connectivity index (χ2n) is 3.19. The van der Waals surface area contributed by atoms with Gasteiger partial charge in [0.15, 0.2) is 0 Å². The number of benzene rings is 1. The number of halogens is 1. The highest BCUT2D eigenvalue weighted by molar-refractivity contribution is 5.89. The molecule has 1 aromatic carbocycles. The molecule has 0 unspecified atom stereocenters. The zero-order valence-corrected chi connectivity index (χ0v) is 8.74. The highest BCUT2D eigenvalue weighted by Gasteiger charge is 2.12. The molecule has 0 aliphatic rings. The van der Waals surface area contributed by atoms with Crippen LogP contribution in [0.2, 0.25) is 0 Å². The fraction of sp³-hybridized carbons (Fsp3) is 0.364. The molecule has 0 saturated heterocycles. The Balaban J connectivity index is 3.50. The minimum atomic E-state index is -0.194. The van der Waals surface area contributed by atoms with E-state index in [1.165, 1.54) is 12.3 Å². The van der Waals surface area contributed by atoms with Gasteiger partial charge in [-0.05, 0) is 25.0 Å². The molecule has 0 atom stereocenters. The van der Waals surface area contributed by atoms with Crippen LogP contribution in [0.3, 0.4) is 0 Å². The summed E-state index contributed by atoms with van der Waals surface area (Å²) in [6, 6.07) is 1.49. The molecule has 1 rings (SSSR count). The molecule has 0 saturated carbocycles. The Morgan fingerprint density at radius 1 is 1.57 bits per heavy atom. The Morgan fingerprint density at radius 2 is 2.21 bits per heavy atom. The van der Waals surface area contributed by atoms with Gasteiger partial charge in [-0.2, -0.15) is 0 Å². The van der Waals surface area contributed by atoms with Crippen LogP contribution in [0.5, 0.6) is 0 Å². The van der Waals surface area contributed by atoms with Gasteiger partial charge in [0.1, 0.15) is 5.82 Å². The lowest BCUT2D eigenvalue weighted by Gasteiger charge is -2.14. The second kappa shape index (κ2) is 4.22. The van der Waals surface area contributed by atoms with Crippen molar-refractivity contribution < 1.29 is 4.39 Å². The van der Waals surface area contributed by atoms with Gasteiger partial charge in [0.05, 0.1) is 0 Å². The van der Waals surface area contributed by atoms with E-state index in [-0.39, 0.29) is 5.82 Å². The Bertz CT molecular complexity index is 359. The number of hydrogen-bond donors (Lipinski definition) is 2. The molecule has 0 amide bonds. The van der Waals surface area contributed by atoms with Crippen molar-refractivity contribution in [3.63, 3.8) is 0 Å². The average Bonchev–Trinajstić information content (AvgIpc) is 2.16. The molecule has 0 aromatic heterocycles. The summed E-state index contributed by atoms with van der Waals surface area (Å²) in [4.78, 5) is 0. The number of hydrogen-bond acceptors (Lipinski definition) is 2. The lowest BCUT2D eigenvalue weighted by Crippen LogP contribution is -2.04. The Hall–Kier alpha value is -1.38. The summed E-state index contributed by atoms with van der Waals surface area (Å²) in [7, 11) is 1.75. The van der Waals surface area contributed by atoms with Crippen molar-refractivity contribution in [3.8, 4) is 0 Å². The van der Waals surface area contributed by atoms with Crippen molar-refractivity contribution in [2.45, 2.75) is 20.3 Å². The minimum absolute atomic E-state index is 0.194. The first-order chi connectivity index (χ1) is 6.65. The van der Waals surface area contributed by atoms with Crippen LogP contribution in [0, 0.1) is 18.2 Å². The molecule has 0 aliphatic carbocycles. The van der Waals surface area contributed by atoms with E-state index in [9.17, 15) is 4.39 Å². The van der Waals surface area contributed by atoms with E-state index in [1.54, 1.807) is 7.05 Å². The van der Waals surface area contributed by atoms with Gasteiger partial charge in [0.2, 0.25) is 0 Å². The van der Waals surface area contributed by atoms with E-state index < -0.39 is 0 Å². The molecule has 14 heavy (non-hydrogen) atoms. The van der Waals surface area contributed by atoms with Gasteiger partial charge < -0.3 is 10.7 Å². The summed E-state index contributed by atoms with van der Waals surface area (Å²) in [6.07, 6.45) is 1.89. The number of rotatable bonds is 3. The monoisotopic (exact) mass is 194 g/mol. The molecule has 0 fully saturated rings. The first-order valence-electron chi connectivity index (χ1n) is 4.65. The van der Waals surface area contributed by atoms with Crippen LogP contribution in [-0.4, -0.2) is 13.3 Å². The summed E-state index contributed by atoms with van der Waals surface area (Å²) in [6.45, 7) is 3.71. The van der Waals surface area contributed by atoms with E-state index in [0.29, 0.717) is 12.0 Å². The van der Waals surface area contributed by atoms with Crippen molar-refractivity contribution >= 4 is 11.9 Å². The molecule has 0 spiro atoms. The largest absolute Gasteiger partial charge is 0.387 e. The standard InChI is InChI=1S/C11H15FN2/c1-4-8-10(12)5-7(2)9(6-13)11(8)14-3/h5-6,13-14H,4H2,1-3H3. The van der Waals surface area contributed by atoms with Gasteiger partial charge in [-0.3, -0.25) is 0 Å². The molecule has 2 nitrogen and oxygen atoms in total. The summed E-state index contributed by atoms with van der Waals surface area (Å²) in [5.41, 5.74) is 2.95. The highest BCUT2D eigenvalue weighted by atomic mass is 19.1. The Kier molecular flexibility index (Phi) is 3.23. The van der Waals surface area contributed by atoms with E-state index >= 15 is 0 Å². The maximum atomic E-state index is 13.5. The van der Waals surface area contributed by atoms with E-state index in [1.807, 2.05) is 13.8 Å². The molecular weight excluding hydrogens is 179 g/mol. The summed E-state index contributed by atoms with van der Waals surface area (Å²) < 4.78 is 13.5. The van der Waals surface area contributed by atoms with Crippen LogP contribution < -0.4 is 5.32 Å². The predicted molar refractivity (Wildman–Crippen MR) is 57.9 cm³/mol. The van der Waals surface area contributed by atoms with Crippen molar-refractivity contribution in [2.24, 2.45) is 0 Å². The van der Waals surface area contributed by atoms with Crippen LogP contribution in [0.1, 0.15) is 23.6 Å². The normalized spacial score (nSPS) is 10.0. The predicted octanol–water partition coefficient (Wildman–Crippen LogP) is 2.74. The summed E-state index contributed by atoms with van der Waals surface area (Å²) in [5.74, 6) is -0.194. The van der Waals surface area contributed by atoms with E-state index in [4.69, 9.17) is 5.41 Å². The maximum Gasteiger partial charge on any atom is 0.128 e. The fourth-order valence-corrected chi connectivity index (χ4v) is 1.65. The zero-order valence-electron chi connectivity index (χ0n) is 8.74. The number of nitrogens with one attached hydrogen (secondary N) is 2. The van der Waals surface area contributed by atoms with Gasteiger partial charge in [0.25, 0.3) is 0 Å². The Labute approximate surface area is 83.7 Å². The molecule has 0 aliphatic heterocycles. The van der Waals surface area contributed by atoms with E-state index in [0.717, 1.165) is 16.8 Å². The van der Waals surface area contributed by atoms with Gasteiger partial charge in [0, 0.05) is 30.1 Å². The van der Waals surface area contributed by atoms with Crippen LogP contribution in [0.25, 0.3) is 0 Å². The number of aryl methyl sites for hydroxylation is 1. The molecule has 0 heterocycles. The minimum Gasteiger partial charge on any atom is -0.387 e. The van der Waals surface area contributed by atoms with Gasteiger partial charge in [-0.25, -0.2) is 4.39 Å². The van der Waals surface area contributed by atoms with E-state index in [2.05, 4.69) is 5.32 Å². The van der Waals surface area contributed by atoms with Gasteiger partial charge >= 0.3 is 0 Å². The van der Waals surface area contributed by atoms with Crippen LogP contribution in [0.15, 0.2) is 6.07 Å². The van der Waals surface area contributed by atoms with Crippen molar-refractivity contribution in [3.05, 3.63) is 28.6 Å². The van der Waals surface area contributed by atoms with Gasteiger partial charge in [-0.15, -0.1) is 0 Å². The molecule has 0 radical (unpaired) electrons. The molecule has 76 valence electrons. The maximum absolute atomic E-state index is 13.5. The highest BCUT2D eigenvalue weighted by Crippen LogP contribution is 2.26. The van der Waals surface area contributed by atoms with Crippen molar-refractivity contribution in [2.75, 3.05) is 12.4 Å². The van der Waals surface area contributed by atoms with Crippen LogP contribution in [0.4, 0.5) is 10.1 Å². The summed E-state index contributed by atoms with van der Waals surface area (Å²) in [5, 5.41) is 10.2. The zero-order chi connectivity index (χ0) is 10.7. The quantitative estimate of drug-likeness (QED) is 0.713. The van der Waals surface area contributed by atoms with Crippen molar-refractivity contribution in [1.29, 1.82) is 5.41 Å². The molecule has 2 N–H and O–H groups in total. The lowest BCUT2D eigenvalue weighted by molar-refractivity contribution is 0.611. The first kappa shape index (κ1) is 10.7. The lowest BCUT2D eigenvalue weighted by atomic mass is 10.00. The third-order valence-corrected chi connectivity index (χ3v) is 2.38. The SMILES string of the molecule is CCc1c(F)cc(C)c(C=N)c1NC. The smallest absolute Gasteiger partial charge is 0.128 e. The fourth-order valence-electron chi connectivity index (χ4n) is 1.65. The third-order valence-electron chi connectivity index (χ3n) is 2.38. The summed E-state index contributed by atoms with van der Waals surface area (Å²) >= 11 is 0. The third kappa shape index (κ3) is 1.62.